The molecule has 25 heavy (non-hydrogen) atoms. The zero-order valence-electron chi connectivity index (χ0n) is 15.2. The van der Waals surface area contributed by atoms with Gasteiger partial charge >= 0.3 is 0 Å². The Labute approximate surface area is 158 Å². The van der Waals surface area contributed by atoms with Gasteiger partial charge < -0.3 is 0 Å². The second kappa shape index (κ2) is 8.37. The number of thiazole rings is 1. The van der Waals surface area contributed by atoms with E-state index in [0.29, 0.717) is 0 Å². The van der Waals surface area contributed by atoms with Crippen LogP contribution < -0.4 is 4.90 Å². The van der Waals surface area contributed by atoms with Gasteiger partial charge in [-0.05, 0) is 43.9 Å². The van der Waals surface area contributed by atoms with Crippen LogP contribution in [-0.4, -0.2) is 16.1 Å². The number of thioether (sulfide) groups is 1. The highest BCUT2D eigenvalue weighted by Crippen LogP contribution is 2.35. The molecule has 2 aromatic rings. The molecule has 0 spiro atoms. The summed E-state index contributed by atoms with van der Waals surface area (Å²) in [5.41, 5.74) is 4.35. The highest BCUT2D eigenvalue weighted by atomic mass is 32.2. The lowest BCUT2D eigenvalue weighted by atomic mass is 10.0. The first-order chi connectivity index (χ1) is 12.1. The van der Waals surface area contributed by atoms with Gasteiger partial charge in [0.05, 0.1) is 11.4 Å². The van der Waals surface area contributed by atoms with Gasteiger partial charge in [-0.3, -0.25) is 9.69 Å². The van der Waals surface area contributed by atoms with Gasteiger partial charge in [-0.15, -0.1) is 11.3 Å². The monoisotopic (exact) mass is 374 g/mol. The summed E-state index contributed by atoms with van der Waals surface area (Å²) in [7, 11) is 0. The third-order valence-corrected chi connectivity index (χ3v) is 7.16. The summed E-state index contributed by atoms with van der Waals surface area (Å²) in [5, 5.41) is 3.66. The molecule has 1 aromatic carbocycles. The summed E-state index contributed by atoms with van der Waals surface area (Å²) in [6.07, 6.45) is 6.80. The zero-order valence-corrected chi connectivity index (χ0v) is 16.9. The Morgan fingerprint density at radius 1 is 1.28 bits per heavy atom. The molecule has 0 saturated heterocycles. The molecule has 0 bridgehead atoms. The fourth-order valence-electron chi connectivity index (χ4n) is 3.29. The number of benzene rings is 1. The van der Waals surface area contributed by atoms with Crippen molar-refractivity contribution < 1.29 is 4.79 Å². The van der Waals surface area contributed by atoms with E-state index in [1.54, 1.807) is 23.2 Å². The predicted octanol–water partition coefficient (Wildman–Crippen LogP) is 6.01. The molecule has 3 nitrogen and oxygen atoms in total. The molecule has 5 heteroatoms. The SMILES string of the molecule is CC(=O)N(c1nc(CSC2CCCCC2)cs1)c1cccc(C)c1C. The number of amides is 1. The Kier molecular flexibility index (Phi) is 6.18. The number of carbonyl (C=O) groups is 1. The average Bonchev–Trinajstić information content (AvgIpc) is 3.06. The number of hydrogen-bond donors (Lipinski definition) is 0. The van der Waals surface area contributed by atoms with Crippen molar-refractivity contribution in [2.24, 2.45) is 0 Å². The maximum Gasteiger partial charge on any atom is 0.230 e. The zero-order chi connectivity index (χ0) is 17.8. The van der Waals surface area contributed by atoms with Gasteiger partial charge in [0.25, 0.3) is 0 Å². The number of nitrogens with zero attached hydrogens (tertiary/aromatic N) is 2. The van der Waals surface area contributed by atoms with E-state index in [-0.39, 0.29) is 5.91 Å². The number of hydrogen-bond acceptors (Lipinski definition) is 4. The molecule has 0 aliphatic heterocycles. The van der Waals surface area contributed by atoms with Gasteiger partial charge in [-0.25, -0.2) is 4.98 Å². The van der Waals surface area contributed by atoms with Crippen LogP contribution in [0.1, 0.15) is 55.8 Å². The lowest BCUT2D eigenvalue weighted by molar-refractivity contribution is -0.115. The minimum Gasteiger partial charge on any atom is -0.274 e. The molecule has 0 atom stereocenters. The van der Waals surface area contributed by atoms with Crippen LogP contribution in [0.2, 0.25) is 0 Å². The Bertz CT molecular complexity index is 735. The van der Waals surface area contributed by atoms with E-state index in [9.17, 15) is 4.79 Å². The largest absolute Gasteiger partial charge is 0.274 e. The molecule has 0 N–H and O–H groups in total. The molecule has 134 valence electrons. The molecular weight excluding hydrogens is 348 g/mol. The number of aromatic nitrogens is 1. The molecular formula is C20H26N2OS2. The fourth-order valence-corrected chi connectivity index (χ4v) is 5.49. The van der Waals surface area contributed by atoms with Gasteiger partial charge in [-0.1, -0.05) is 31.4 Å². The summed E-state index contributed by atoms with van der Waals surface area (Å²) in [6.45, 7) is 5.75. The quantitative estimate of drug-likeness (QED) is 0.642. The van der Waals surface area contributed by atoms with Crippen molar-refractivity contribution in [3.05, 3.63) is 40.4 Å². The Morgan fingerprint density at radius 2 is 2.04 bits per heavy atom. The first-order valence-corrected chi connectivity index (χ1v) is 10.9. The maximum absolute atomic E-state index is 12.3. The average molecular weight is 375 g/mol. The van der Waals surface area contributed by atoms with Crippen LogP contribution in [0.4, 0.5) is 10.8 Å². The van der Waals surface area contributed by atoms with Gasteiger partial charge in [0.2, 0.25) is 5.91 Å². The van der Waals surface area contributed by atoms with E-state index in [1.165, 1.54) is 37.7 Å². The van der Waals surface area contributed by atoms with Crippen LogP contribution in [-0.2, 0) is 10.5 Å². The molecule has 1 aliphatic carbocycles. The first-order valence-electron chi connectivity index (χ1n) is 8.99. The lowest BCUT2D eigenvalue weighted by Crippen LogP contribution is -2.23. The summed E-state index contributed by atoms with van der Waals surface area (Å²) < 4.78 is 0. The van der Waals surface area contributed by atoms with Crippen molar-refractivity contribution in [3.8, 4) is 0 Å². The third-order valence-electron chi connectivity index (χ3n) is 4.88. The van der Waals surface area contributed by atoms with Crippen molar-refractivity contribution >= 4 is 39.8 Å². The van der Waals surface area contributed by atoms with Crippen molar-refractivity contribution in [3.63, 3.8) is 0 Å². The van der Waals surface area contributed by atoms with E-state index in [0.717, 1.165) is 33.1 Å². The minimum absolute atomic E-state index is 0.00883. The van der Waals surface area contributed by atoms with Crippen LogP contribution >= 0.6 is 23.1 Å². The number of rotatable bonds is 5. The van der Waals surface area contributed by atoms with Gasteiger partial charge in [0.15, 0.2) is 5.13 Å². The van der Waals surface area contributed by atoms with Crippen LogP contribution in [0.5, 0.6) is 0 Å². The summed E-state index contributed by atoms with van der Waals surface area (Å²) >= 11 is 3.59. The molecule has 1 aliphatic rings. The van der Waals surface area contributed by atoms with Gasteiger partial charge in [-0.2, -0.15) is 11.8 Å². The molecule has 0 unspecified atom stereocenters. The lowest BCUT2D eigenvalue weighted by Gasteiger charge is -2.21. The van der Waals surface area contributed by atoms with Crippen molar-refractivity contribution in [2.75, 3.05) is 4.90 Å². The first kappa shape index (κ1) is 18.5. The smallest absolute Gasteiger partial charge is 0.230 e. The topological polar surface area (TPSA) is 33.2 Å². The molecule has 0 radical (unpaired) electrons. The highest BCUT2D eigenvalue weighted by molar-refractivity contribution is 7.99. The normalized spacial score (nSPS) is 15.3. The fraction of sp³-hybridized carbons (Fsp3) is 0.500. The standard InChI is InChI=1S/C20H26N2OS2/c1-14-8-7-11-19(15(14)2)22(16(3)23)20-21-17(13-25-20)12-24-18-9-5-4-6-10-18/h7-8,11,13,18H,4-6,9-10,12H2,1-3H3. The number of aryl methyl sites for hydroxylation is 1. The van der Waals surface area contributed by atoms with E-state index < -0.39 is 0 Å². The van der Waals surface area contributed by atoms with Gasteiger partial charge in [0, 0.05) is 23.3 Å². The van der Waals surface area contributed by atoms with Crippen molar-refractivity contribution in [2.45, 2.75) is 63.9 Å². The molecule has 1 saturated carbocycles. The number of anilines is 2. The third kappa shape index (κ3) is 4.45. The number of carbonyl (C=O) groups excluding carboxylic acids is 1. The second-order valence-corrected chi connectivity index (χ2v) is 8.89. The maximum atomic E-state index is 12.3. The van der Waals surface area contributed by atoms with Crippen LogP contribution in [0, 0.1) is 13.8 Å². The van der Waals surface area contributed by atoms with Crippen LogP contribution in [0.25, 0.3) is 0 Å². The molecule has 1 fully saturated rings. The Morgan fingerprint density at radius 3 is 2.76 bits per heavy atom. The van der Waals surface area contributed by atoms with E-state index in [4.69, 9.17) is 4.98 Å². The highest BCUT2D eigenvalue weighted by Gasteiger charge is 2.21. The van der Waals surface area contributed by atoms with Crippen molar-refractivity contribution in [1.29, 1.82) is 0 Å². The van der Waals surface area contributed by atoms with E-state index in [1.807, 2.05) is 23.9 Å². The predicted molar refractivity (Wildman–Crippen MR) is 109 cm³/mol. The second-order valence-electron chi connectivity index (χ2n) is 6.77. The van der Waals surface area contributed by atoms with Crippen LogP contribution in [0.15, 0.2) is 23.6 Å². The van der Waals surface area contributed by atoms with E-state index >= 15 is 0 Å². The molecule has 3 rings (SSSR count). The Balaban J connectivity index is 1.75. The van der Waals surface area contributed by atoms with E-state index in [2.05, 4.69) is 25.3 Å². The Hall–Kier alpha value is -1.33. The van der Waals surface area contributed by atoms with Gasteiger partial charge in [0.1, 0.15) is 0 Å². The van der Waals surface area contributed by atoms with Crippen molar-refractivity contribution in [1.82, 2.24) is 4.98 Å². The summed E-state index contributed by atoms with van der Waals surface area (Å²) in [4.78, 5) is 18.8. The minimum atomic E-state index is 0.00883. The van der Waals surface area contributed by atoms with Crippen LogP contribution in [0.3, 0.4) is 0 Å². The molecule has 1 heterocycles. The molecule has 1 aromatic heterocycles. The summed E-state index contributed by atoms with van der Waals surface area (Å²) in [6, 6.07) is 6.08. The summed E-state index contributed by atoms with van der Waals surface area (Å²) in [5.74, 6) is 0.953. The molecule has 1 amide bonds.